The first-order chi connectivity index (χ1) is 7.85. The van der Waals surface area contributed by atoms with Crippen LogP contribution in [0.4, 0.5) is 0 Å². The molecule has 0 aliphatic carbocycles. The lowest BCUT2D eigenvalue weighted by Crippen LogP contribution is -1.92. The lowest BCUT2D eigenvalue weighted by molar-refractivity contribution is 0.383. The first kappa shape index (κ1) is 10.5. The Kier molecular flexibility index (Phi) is 3.05. The molecule has 1 aromatic heterocycles. The van der Waals surface area contributed by atoms with Crippen LogP contribution in [0.3, 0.4) is 0 Å². The smallest absolute Gasteiger partial charge is 0.216 e. The predicted molar refractivity (Wildman–Crippen MR) is 61.6 cm³/mol. The van der Waals surface area contributed by atoms with E-state index in [2.05, 4.69) is 11.1 Å². The molecule has 0 aliphatic rings. The second kappa shape index (κ2) is 4.66. The first-order valence-electron chi connectivity index (χ1n) is 4.89. The average Bonchev–Trinajstić information content (AvgIpc) is 2.39. The minimum atomic E-state index is 0.545. The fourth-order valence-corrected chi connectivity index (χ4v) is 1.48. The third-order valence-corrected chi connectivity index (χ3v) is 2.30. The van der Waals surface area contributed by atoms with Crippen molar-refractivity contribution in [1.29, 1.82) is 0 Å². The van der Waals surface area contributed by atoms with Crippen molar-refractivity contribution >= 4 is 0 Å². The summed E-state index contributed by atoms with van der Waals surface area (Å²) in [5, 5.41) is 0. The minimum Gasteiger partial charge on any atom is -0.496 e. The Bertz CT molecular complexity index is 469. The maximum Gasteiger partial charge on any atom is 0.216 e. The van der Waals surface area contributed by atoms with Crippen LogP contribution < -0.4 is 9.47 Å². The van der Waals surface area contributed by atoms with E-state index >= 15 is 0 Å². The quantitative estimate of drug-likeness (QED) is 0.786. The molecular formula is C13H12NO2. The van der Waals surface area contributed by atoms with Gasteiger partial charge in [-0.1, -0.05) is 24.3 Å². The fourth-order valence-electron chi connectivity index (χ4n) is 1.48. The van der Waals surface area contributed by atoms with Gasteiger partial charge in [-0.2, -0.15) is 0 Å². The Balaban J connectivity index is 2.49. The van der Waals surface area contributed by atoms with Crippen molar-refractivity contribution in [1.82, 2.24) is 4.98 Å². The zero-order valence-corrected chi connectivity index (χ0v) is 9.23. The molecule has 0 unspecified atom stereocenters. The van der Waals surface area contributed by atoms with E-state index < -0.39 is 0 Å². The van der Waals surface area contributed by atoms with E-state index in [0.717, 1.165) is 16.9 Å². The predicted octanol–water partition coefficient (Wildman–Crippen LogP) is 2.57. The van der Waals surface area contributed by atoms with E-state index in [1.165, 1.54) is 0 Å². The van der Waals surface area contributed by atoms with Crippen LogP contribution in [0.1, 0.15) is 0 Å². The summed E-state index contributed by atoms with van der Waals surface area (Å²) in [7, 11) is 3.21. The van der Waals surface area contributed by atoms with Crippen molar-refractivity contribution in [2.75, 3.05) is 14.2 Å². The zero-order valence-electron chi connectivity index (χ0n) is 9.23. The van der Waals surface area contributed by atoms with Gasteiger partial charge in [0, 0.05) is 17.8 Å². The summed E-state index contributed by atoms with van der Waals surface area (Å²) < 4.78 is 10.4. The molecule has 0 aliphatic heterocycles. The SMILES string of the molecule is COc1cc(OC)c(-c2cc[c]cc2)cn1. The summed E-state index contributed by atoms with van der Waals surface area (Å²) >= 11 is 0. The number of aromatic nitrogens is 1. The molecular weight excluding hydrogens is 202 g/mol. The van der Waals surface area contributed by atoms with Crippen molar-refractivity contribution in [3.63, 3.8) is 0 Å². The van der Waals surface area contributed by atoms with E-state index in [0.29, 0.717) is 5.88 Å². The number of ether oxygens (including phenoxy) is 2. The van der Waals surface area contributed by atoms with Gasteiger partial charge in [0.1, 0.15) is 5.75 Å². The van der Waals surface area contributed by atoms with Gasteiger partial charge in [-0.05, 0) is 11.6 Å². The van der Waals surface area contributed by atoms with Crippen molar-refractivity contribution in [3.8, 4) is 22.8 Å². The van der Waals surface area contributed by atoms with Crippen LogP contribution in [0.5, 0.6) is 11.6 Å². The molecule has 0 saturated carbocycles. The summed E-state index contributed by atoms with van der Waals surface area (Å²) in [6, 6.07) is 12.4. The maximum absolute atomic E-state index is 5.31. The molecule has 3 heteroatoms. The molecule has 2 rings (SSSR count). The maximum atomic E-state index is 5.31. The third-order valence-electron chi connectivity index (χ3n) is 2.30. The molecule has 0 fully saturated rings. The molecule has 81 valence electrons. The molecule has 0 bridgehead atoms. The number of hydrogen-bond acceptors (Lipinski definition) is 3. The molecule has 16 heavy (non-hydrogen) atoms. The second-order valence-corrected chi connectivity index (χ2v) is 3.22. The molecule has 0 atom stereocenters. The Hall–Kier alpha value is -2.03. The van der Waals surface area contributed by atoms with Crippen LogP contribution in [-0.4, -0.2) is 19.2 Å². The lowest BCUT2D eigenvalue weighted by atomic mass is 10.1. The molecule has 1 radical (unpaired) electrons. The summed E-state index contributed by atoms with van der Waals surface area (Å²) in [4.78, 5) is 4.17. The molecule has 0 amide bonds. The van der Waals surface area contributed by atoms with Crippen LogP contribution >= 0.6 is 0 Å². The van der Waals surface area contributed by atoms with E-state index in [1.54, 1.807) is 26.5 Å². The molecule has 1 aromatic carbocycles. The highest BCUT2D eigenvalue weighted by Crippen LogP contribution is 2.31. The van der Waals surface area contributed by atoms with Gasteiger partial charge in [0.2, 0.25) is 5.88 Å². The Morgan fingerprint density at radius 1 is 1.12 bits per heavy atom. The van der Waals surface area contributed by atoms with Crippen LogP contribution in [0, 0.1) is 6.07 Å². The average molecular weight is 214 g/mol. The van der Waals surface area contributed by atoms with E-state index in [-0.39, 0.29) is 0 Å². The molecule has 3 nitrogen and oxygen atoms in total. The van der Waals surface area contributed by atoms with Crippen LogP contribution in [0.2, 0.25) is 0 Å². The van der Waals surface area contributed by atoms with Gasteiger partial charge >= 0.3 is 0 Å². The highest BCUT2D eigenvalue weighted by atomic mass is 16.5. The molecule has 0 N–H and O–H groups in total. The highest BCUT2D eigenvalue weighted by molar-refractivity contribution is 5.69. The van der Waals surface area contributed by atoms with Crippen LogP contribution in [0.25, 0.3) is 11.1 Å². The largest absolute Gasteiger partial charge is 0.496 e. The van der Waals surface area contributed by atoms with Crippen LogP contribution in [-0.2, 0) is 0 Å². The van der Waals surface area contributed by atoms with E-state index in [9.17, 15) is 0 Å². The lowest BCUT2D eigenvalue weighted by Gasteiger charge is -2.09. The standard InChI is InChI=1S/C13H12NO2/c1-15-12-8-13(16-2)14-9-11(12)10-6-4-3-5-7-10/h4-9H,1-2H3. The van der Waals surface area contributed by atoms with Crippen molar-refractivity contribution in [2.45, 2.75) is 0 Å². The number of hydrogen-bond donors (Lipinski definition) is 0. The van der Waals surface area contributed by atoms with Gasteiger partial charge in [-0.3, -0.25) is 0 Å². The topological polar surface area (TPSA) is 31.4 Å². The fraction of sp³-hybridized carbons (Fsp3) is 0.154. The zero-order chi connectivity index (χ0) is 11.4. The Labute approximate surface area is 94.7 Å². The number of pyridine rings is 1. The van der Waals surface area contributed by atoms with Crippen molar-refractivity contribution in [3.05, 3.63) is 42.6 Å². The summed E-state index contributed by atoms with van der Waals surface area (Å²) in [5.74, 6) is 1.29. The van der Waals surface area contributed by atoms with Gasteiger partial charge in [-0.25, -0.2) is 4.98 Å². The number of benzene rings is 1. The third kappa shape index (κ3) is 1.98. The summed E-state index contributed by atoms with van der Waals surface area (Å²) in [6.45, 7) is 0. The first-order valence-corrected chi connectivity index (χ1v) is 4.89. The van der Waals surface area contributed by atoms with Crippen molar-refractivity contribution in [2.24, 2.45) is 0 Å². The minimum absolute atomic E-state index is 0.545. The molecule has 0 spiro atoms. The highest BCUT2D eigenvalue weighted by Gasteiger charge is 2.07. The van der Waals surface area contributed by atoms with E-state index in [1.807, 2.05) is 24.3 Å². The monoisotopic (exact) mass is 214 g/mol. The normalized spacial score (nSPS) is 9.88. The van der Waals surface area contributed by atoms with Crippen molar-refractivity contribution < 1.29 is 9.47 Å². The van der Waals surface area contributed by atoms with Gasteiger partial charge in [0.05, 0.1) is 14.2 Å². The van der Waals surface area contributed by atoms with Crippen LogP contribution in [0.15, 0.2) is 36.5 Å². The van der Waals surface area contributed by atoms with Gasteiger partial charge in [-0.15, -0.1) is 0 Å². The number of methoxy groups -OCH3 is 2. The Morgan fingerprint density at radius 2 is 1.88 bits per heavy atom. The summed E-state index contributed by atoms with van der Waals surface area (Å²) in [6.07, 6.45) is 1.74. The second-order valence-electron chi connectivity index (χ2n) is 3.22. The van der Waals surface area contributed by atoms with Gasteiger partial charge in [0.25, 0.3) is 0 Å². The summed E-state index contributed by atoms with van der Waals surface area (Å²) in [5.41, 5.74) is 1.99. The number of rotatable bonds is 3. The molecule has 2 aromatic rings. The van der Waals surface area contributed by atoms with E-state index in [4.69, 9.17) is 9.47 Å². The molecule has 1 heterocycles. The van der Waals surface area contributed by atoms with Gasteiger partial charge < -0.3 is 9.47 Å². The number of nitrogens with zero attached hydrogens (tertiary/aromatic N) is 1. The molecule has 0 saturated heterocycles. The Morgan fingerprint density at radius 3 is 2.50 bits per heavy atom. The van der Waals surface area contributed by atoms with Gasteiger partial charge in [0.15, 0.2) is 0 Å².